The van der Waals surface area contributed by atoms with Crippen LogP contribution in [0.2, 0.25) is 0 Å². The number of benzene rings is 1. The summed E-state index contributed by atoms with van der Waals surface area (Å²) in [7, 11) is 0. The van der Waals surface area contributed by atoms with Crippen molar-refractivity contribution in [1.29, 1.82) is 0 Å². The zero-order valence-electron chi connectivity index (χ0n) is 13.8. The van der Waals surface area contributed by atoms with Crippen LogP contribution in [-0.2, 0) is 22.6 Å². The van der Waals surface area contributed by atoms with Gasteiger partial charge in [0.25, 0.3) is 0 Å². The molecule has 0 aliphatic carbocycles. The van der Waals surface area contributed by atoms with Gasteiger partial charge in [-0.2, -0.15) is 0 Å². The van der Waals surface area contributed by atoms with E-state index in [1.54, 1.807) is 11.7 Å². The van der Waals surface area contributed by atoms with Crippen LogP contribution in [0, 0.1) is 0 Å². The molecule has 2 aromatic heterocycles. The molecule has 0 aliphatic heterocycles. The average molecular weight is 358 g/mol. The first kappa shape index (κ1) is 17.2. The summed E-state index contributed by atoms with van der Waals surface area (Å²) >= 11 is 1.53. The van der Waals surface area contributed by atoms with E-state index in [-0.39, 0.29) is 12.6 Å². The Morgan fingerprint density at radius 3 is 2.84 bits per heavy atom. The number of aryl methyl sites for hydroxylation is 1. The number of rotatable bonds is 8. The lowest BCUT2D eigenvalue weighted by molar-refractivity contribution is -0.145. The standard InChI is InChI=1S/C18H18N2O4S/c1-2-22-15-5-3-13(4-6-15)18-20-14(11-24-18)10-23-17(21)8-7-16-9-19-12-25-16/h3-6,9,11-12H,2,7-8,10H2,1H3. The monoisotopic (exact) mass is 358 g/mol. The molecule has 3 rings (SSSR count). The number of hydrogen-bond donors (Lipinski definition) is 0. The molecule has 3 aromatic rings. The lowest BCUT2D eigenvalue weighted by Gasteiger charge is -2.02. The fourth-order valence-corrected chi connectivity index (χ4v) is 2.78. The normalized spacial score (nSPS) is 10.6. The van der Waals surface area contributed by atoms with E-state index in [0.29, 0.717) is 31.0 Å². The van der Waals surface area contributed by atoms with Crippen molar-refractivity contribution in [2.45, 2.75) is 26.4 Å². The number of thiazole rings is 1. The van der Waals surface area contributed by atoms with Crippen LogP contribution >= 0.6 is 11.3 Å². The fraction of sp³-hybridized carbons (Fsp3) is 0.278. The van der Waals surface area contributed by atoms with Gasteiger partial charge in [0.1, 0.15) is 24.3 Å². The molecule has 130 valence electrons. The van der Waals surface area contributed by atoms with Crippen LogP contribution in [0.3, 0.4) is 0 Å². The van der Waals surface area contributed by atoms with Gasteiger partial charge in [0.15, 0.2) is 0 Å². The zero-order chi connectivity index (χ0) is 17.5. The Morgan fingerprint density at radius 2 is 2.12 bits per heavy atom. The highest BCUT2D eigenvalue weighted by atomic mass is 32.1. The van der Waals surface area contributed by atoms with Crippen molar-refractivity contribution in [2.24, 2.45) is 0 Å². The zero-order valence-corrected chi connectivity index (χ0v) is 14.6. The van der Waals surface area contributed by atoms with Gasteiger partial charge < -0.3 is 13.9 Å². The Labute approximate surface area is 149 Å². The second-order valence-corrected chi connectivity index (χ2v) is 6.20. The minimum atomic E-state index is -0.265. The number of carbonyl (C=O) groups is 1. The van der Waals surface area contributed by atoms with E-state index in [4.69, 9.17) is 13.9 Å². The lowest BCUT2D eigenvalue weighted by Crippen LogP contribution is -2.05. The molecule has 0 aliphatic rings. The minimum Gasteiger partial charge on any atom is -0.494 e. The molecule has 0 atom stereocenters. The van der Waals surface area contributed by atoms with E-state index >= 15 is 0 Å². The van der Waals surface area contributed by atoms with Gasteiger partial charge in [-0.05, 0) is 37.6 Å². The van der Waals surface area contributed by atoms with E-state index < -0.39 is 0 Å². The van der Waals surface area contributed by atoms with E-state index in [1.807, 2.05) is 31.2 Å². The third-order valence-corrected chi connectivity index (χ3v) is 4.24. The van der Waals surface area contributed by atoms with Gasteiger partial charge in [-0.25, -0.2) is 4.98 Å². The molecule has 7 heteroatoms. The van der Waals surface area contributed by atoms with Crippen molar-refractivity contribution in [3.63, 3.8) is 0 Å². The SMILES string of the molecule is CCOc1ccc(-c2nc(COC(=O)CCc3cncs3)co2)cc1. The average Bonchev–Trinajstić information content (AvgIpc) is 3.31. The summed E-state index contributed by atoms with van der Waals surface area (Å²) in [6, 6.07) is 7.48. The topological polar surface area (TPSA) is 74.5 Å². The Kier molecular flexibility index (Phi) is 5.79. The van der Waals surface area contributed by atoms with Crippen LogP contribution in [0.5, 0.6) is 5.75 Å². The number of carbonyl (C=O) groups excluding carboxylic acids is 1. The number of nitrogens with zero attached hydrogens (tertiary/aromatic N) is 2. The van der Waals surface area contributed by atoms with Crippen LogP contribution in [0.25, 0.3) is 11.5 Å². The smallest absolute Gasteiger partial charge is 0.306 e. The highest BCUT2D eigenvalue weighted by Gasteiger charge is 2.10. The molecule has 0 saturated carbocycles. The first-order valence-electron chi connectivity index (χ1n) is 7.95. The molecule has 6 nitrogen and oxygen atoms in total. The van der Waals surface area contributed by atoms with Gasteiger partial charge >= 0.3 is 5.97 Å². The lowest BCUT2D eigenvalue weighted by atomic mass is 10.2. The van der Waals surface area contributed by atoms with Crippen molar-refractivity contribution in [1.82, 2.24) is 9.97 Å². The molecule has 0 spiro atoms. The summed E-state index contributed by atoms with van der Waals surface area (Å²) < 4.78 is 16.1. The number of aromatic nitrogens is 2. The van der Waals surface area contributed by atoms with Crippen LogP contribution in [0.1, 0.15) is 23.9 Å². The summed E-state index contributed by atoms with van der Waals surface area (Å²) in [6.45, 7) is 2.66. The van der Waals surface area contributed by atoms with Crippen LogP contribution in [-0.4, -0.2) is 22.5 Å². The Morgan fingerprint density at radius 1 is 1.28 bits per heavy atom. The highest BCUT2D eigenvalue weighted by molar-refractivity contribution is 7.09. The largest absolute Gasteiger partial charge is 0.494 e. The molecule has 0 saturated heterocycles. The molecule has 0 N–H and O–H groups in total. The molecule has 0 amide bonds. The van der Waals surface area contributed by atoms with E-state index in [1.165, 1.54) is 17.6 Å². The van der Waals surface area contributed by atoms with E-state index in [2.05, 4.69) is 9.97 Å². The maximum atomic E-state index is 11.8. The first-order chi connectivity index (χ1) is 12.2. The number of oxazole rings is 1. The second-order valence-electron chi connectivity index (χ2n) is 5.23. The van der Waals surface area contributed by atoms with Gasteiger partial charge in [-0.15, -0.1) is 11.3 Å². The molecular weight excluding hydrogens is 340 g/mol. The Bertz CT molecular complexity index is 797. The quantitative estimate of drug-likeness (QED) is 0.569. The van der Waals surface area contributed by atoms with Crippen molar-refractivity contribution in [3.8, 4) is 17.2 Å². The van der Waals surface area contributed by atoms with Gasteiger partial charge in [-0.1, -0.05) is 0 Å². The van der Waals surface area contributed by atoms with Crippen LogP contribution in [0.4, 0.5) is 0 Å². The van der Waals surface area contributed by atoms with Crippen LogP contribution < -0.4 is 4.74 Å². The molecule has 0 radical (unpaired) electrons. The summed E-state index contributed by atoms with van der Waals surface area (Å²) in [4.78, 5) is 21.2. The maximum Gasteiger partial charge on any atom is 0.306 e. The summed E-state index contributed by atoms with van der Waals surface area (Å²) in [6.07, 6.45) is 4.23. The minimum absolute atomic E-state index is 0.0993. The third-order valence-electron chi connectivity index (χ3n) is 3.40. The number of hydrogen-bond acceptors (Lipinski definition) is 7. The second kappa shape index (κ2) is 8.43. The van der Waals surface area contributed by atoms with Crippen molar-refractivity contribution in [2.75, 3.05) is 6.61 Å². The van der Waals surface area contributed by atoms with Gasteiger partial charge in [0.2, 0.25) is 5.89 Å². The van der Waals surface area contributed by atoms with Gasteiger partial charge in [0, 0.05) is 16.6 Å². The fourth-order valence-electron chi connectivity index (χ4n) is 2.18. The van der Waals surface area contributed by atoms with Gasteiger partial charge in [-0.3, -0.25) is 9.78 Å². The van der Waals surface area contributed by atoms with E-state index in [0.717, 1.165) is 16.2 Å². The highest BCUT2D eigenvalue weighted by Crippen LogP contribution is 2.22. The van der Waals surface area contributed by atoms with E-state index in [9.17, 15) is 4.79 Å². The molecule has 1 aromatic carbocycles. The molecule has 0 bridgehead atoms. The summed E-state index contributed by atoms with van der Waals surface area (Å²) in [5.74, 6) is 1.02. The molecular formula is C18H18N2O4S. The molecule has 25 heavy (non-hydrogen) atoms. The summed E-state index contributed by atoms with van der Waals surface area (Å²) in [5, 5.41) is 0. The first-order valence-corrected chi connectivity index (χ1v) is 8.83. The predicted molar refractivity (Wildman–Crippen MR) is 93.3 cm³/mol. The van der Waals surface area contributed by atoms with Crippen LogP contribution in [0.15, 0.2) is 46.7 Å². The van der Waals surface area contributed by atoms with Crippen molar-refractivity contribution >= 4 is 17.3 Å². The molecule has 0 unspecified atom stereocenters. The Balaban J connectivity index is 1.50. The van der Waals surface area contributed by atoms with Crippen molar-refractivity contribution < 1.29 is 18.7 Å². The molecule has 0 fully saturated rings. The number of ether oxygens (including phenoxy) is 2. The number of esters is 1. The van der Waals surface area contributed by atoms with Crippen molar-refractivity contribution in [3.05, 3.63) is 52.8 Å². The third kappa shape index (κ3) is 4.90. The predicted octanol–water partition coefficient (Wildman–Crippen LogP) is 3.87. The van der Waals surface area contributed by atoms with Gasteiger partial charge in [0.05, 0.1) is 18.5 Å². The molecule has 2 heterocycles. The Hall–Kier alpha value is -2.67. The summed E-state index contributed by atoms with van der Waals surface area (Å²) in [5.41, 5.74) is 3.17. The maximum absolute atomic E-state index is 11.8.